The number of sulfonamides is 1. The SMILES string of the molecule is Cl.O=C(C1CCCNC1)N1CCCN(S(=O)(=O)c2ccc(Cl)s2)CC1. The molecule has 1 aromatic rings. The molecule has 1 N–H and O–H groups in total. The Morgan fingerprint density at radius 3 is 2.64 bits per heavy atom. The third-order valence-corrected chi connectivity index (χ3v) is 8.15. The number of nitrogens with zero attached hydrogens (tertiary/aromatic N) is 2. The number of hydrogen-bond acceptors (Lipinski definition) is 5. The molecule has 3 heterocycles. The van der Waals surface area contributed by atoms with Crippen molar-refractivity contribution in [2.45, 2.75) is 23.5 Å². The fourth-order valence-corrected chi connectivity index (χ4v) is 6.35. The van der Waals surface area contributed by atoms with Crippen LogP contribution < -0.4 is 5.32 Å². The van der Waals surface area contributed by atoms with Gasteiger partial charge in [0.2, 0.25) is 5.91 Å². The fraction of sp³-hybridized carbons (Fsp3) is 0.667. The second-order valence-electron chi connectivity index (χ2n) is 6.18. The zero-order valence-electron chi connectivity index (χ0n) is 13.8. The lowest BCUT2D eigenvalue weighted by Crippen LogP contribution is -2.44. The zero-order valence-corrected chi connectivity index (χ0v) is 17.0. The Bertz CT molecular complexity index is 690. The first-order valence-corrected chi connectivity index (χ1v) is 10.9. The van der Waals surface area contributed by atoms with Crippen LogP contribution in [-0.4, -0.2) is 62.8 Å². The fourth-order valence-electron chi connectivity index (χ4n) is 3.24. The van der Waals surface area contributed by atoms with Crippen molar-refractivity contribution in [3.63, 3.8) is 0 Å². The predicted molar refractivity (Wildman–Crippen MR) is 102 cm³/mol. The van der Waals surface area contributed by atoms with Gasteiger partial charge in [0.15, 0.2) is 0 Å². The van der Waals surface area contributed by atoms with E-state index in [1.807, 2.05) is 4.90 Å². The van der Waals surface area contributed by atoms with Crippen LogP contribution in [0.1, 0.15) is 19.3 Å². The van der Waals surface area contributed by atoms with Crippen molar-refractivity contribution < 1.29 is 13.2 Å². The molecule has 2 aliphatic heterocycles. The summed E-state index contributed by atoms with van der Waals surface area (Å²) in [7, 11) is -3.52. The maximum Gasteiger partial charge on any atom is 0.252 e. The van der Waals surface area contributed by atoms with E-state index >= 15 is 0 Å². The first-order valence-electron chi connectivity index (χ1n) is 8.23. The Hall–Kier alpha value is -0.380. The van der Waals surface area contributed by atoms with Crippen LogP contribution in [0.3, 0.4) is 0 Å². The van der Waals surface area contributed by atoms with Gasteiger partial charge < -0.3 is 10.2 Å². The lowest BCUT2D eigenvalue weighted by molar-refractivity contribution is -0.135. The molecule has 2 aliphatic rings. The number of carbonyl (C=O) groups excluding carboxylic acids is 1. The summed E-state index contributed by atoms with van der Waals surface area (Å²) in [6.07, 6.45) is 2.59. The summed E-state index contributed by atoms with van der Waals surface area (Å²) in [5, 5.41) is 3.26. The van der Waals surface area contributed by atoms with Crippen molar-refractivity contribution >= 4 is 51.3 Å². The smallest absolute Gasteiger partial charge is 0.252 e. The van der Waals surface area contributed by atoms with Crippen molar-refractivity contribution in [2.24, 2.45) is 5.92 Å². The van der Waals surface area contributed by atoms with Crippen LogP contribution in [0.5, 0.6) is 0 Å². The highest BCUT2D eigenvalue weighted by atomic mass is 35.5. The second kappa shape index (κ2) is 9.01. The molecule has 0 aromatic carbocycles. The minimum atomic E-state index is -3.52. The van der Waals surface area contributed by atoms with Gasteiger partial charge >= 0.3 is 0 Å². The lowest BCUT2D eigenvalue weighted by atomic mass is 9.98. The van der Waals surface area contributed by atoms with Gasteiger partial charge in [0.05, 0.1) is 10.3 Å². The summed E-state index contributed by atoms with van der Waals surface area (Å²) in [5.41, 5.74) is 0. The maximum atomic E-state index is 12.7. The number of hydrogen-bond donors (Lipinski definition) is 1. The highest BCUT2D eigenvalue weighted by Gasteiger charge is 2.31. The van der Waals surface area contributed by atoms with Gasteiger partial charge in [-0.1, -0.05) is 11.6 Å². The predicted octanol–water partition coefficient (Wildman–Crippen LogP) is 2.05. The van der Waals surface area contributed by atoms with Crippen LogP contribution in [0.25, 0.3) is 0 Å². The maximum absolute atomic E-state index is 12.7. The normalized spacial score (nSPS) is 22.9. The van der Waals surface area contributed by atoms with Crippen molar-refractivity contribution in [1.82, 2.24) is 14.5 Å². The van der Waals surface area contributed by atoms with Gasteiger partial charge in [-0.05, 0) is 37.9 Å². The summed E-state index contributed by atoms with van der Waals surface area (Å²) in [6, 6.07) is 3.15. The third-order valence-electron chi connectivity index (χ3n) is 4.56. The van der Waals surface area contributed by atoms with E-state index in [1.165, 1.54) is 4.31 Å². The quantitative estimate of drug-likeness (QED) is 0.800. The van der Waals surface area contributed by atoms with E-state index in [0.717, 1.165) is 37.3 Å². The molecule has 6 nitrogen and oxygen atoms in total. The van der Waals surface area contributed by atoms with Gasteiger partial charge in [0, 0.05) is 32.7 Å². The number of rotatable bonds is 3. The Morgan fingerprint density at radius 2 is 2.00 bits per heavy atom. The topological polar surface area (TPSA) is 69.7 Å². The number of nitrogens with one attached hydrogen (secondary N) is 1. The van der Waals surface area contributed by atoms with Crippen LogP contribution >= 0.6 is 35.3 Å². The van der Waals surface area contributed by atoms with Gasteiger partial charge in [0.1, 0.15) is 4.21 Å². The van der Waals surface area contributed by atoms with Crippen LogP contribution in [0.4, 0.5) is 0 Å². The molecule has 0 spiro atoms. The van der Waals surface area contributed by atoms with Crippen LogP contribution in [0, 0.1) is 5.92 Å². The first kappa shape index (κ1) is 20.9. The van der Waals surface area contributed by atoms with E-state index in [4.69, 9.17) is 11.6 Å². The molecular formula is C15H23Cl2N3O3S2. The number of thiophene rings is 1. The van der Waals surface area contributed by atoms with Gasteiger partial charge in [-0.2, -0.15) is 4.31 Å². The average molecular weight is 428 g/mol. The Morgan fingerprint density at radius 1 is 1.20 bits per heavy atom. The Labute approximate surface area is 164 Å². The highest BCUT2D eigenvalue weighted by Crippen LogP contribution is 2.28. The summed E-state index contributed by atoms with van der Waals surface area (Å²) >= 11 is 6.94. The van der Waals surface area contributed by atoms with E-state index in [1.54, 1.807) is 12.1 Å². The number of piperidine rings is 1. The van der Waals surface area contributed by atoms with Gasteiger partial charge in [0.25, 0.3) is 10.0 Å². The molecule has 0 aliphatic carbocycles. The molecule has 25 heavy (non-hydrogen) atoms. The molecule has 1 atom stereocenters. The molecule has 1 amide bonds. The summed E-state index contributed by atoms with van der Waals surface area (Å²) in [6.45, 7) is 3.54. The first-order chi connectivity index (χ1) is 11.5. The molecule has 2 saturated heterocycles. The number of carbonyl (C=O) groups is 1. The summed E-state index contributed by atoms with van der Waals surface area (Å²) in [5.74, 6) is 0.179. The van der Waals surface area contributed by atoms with E-state index in [9.17, 15) is 13.2 Å². The molecular weight excluding hydrogens is 405 g/mol. The second-order valence-corrected chi connectivity index (χ2v) is 10.1. The minimum Gasteiger partial charge on any atom is -0.341 e. The highest BCUT2D eigenvalue weighted by molar-refractivity contribution is 7.91. The van der Waals surface area contributed by atoms with Crippen molar-refractivity contribution in [1.29, 1.82) is 0 Å². The third kappa shape index (κ3) is 4.87. The molecule has 10 heteroatoms. The van der Waals surface area contributed by atoms with Gasteiger partial charge in [-0.15, -0.1) is 23.7 Å². The monoisotopic (exact) mass is 427 g/mol. The van der Waals surface area contributed by atoms with Crippen LogP contribution in [0.15, 0.2) is 16.3 Å². The lowest BCUT2D eigenvalue weighted by Gasteiger charge is -2.28. The Kier molecular flexibility index (Phi) is 7.54. The molecule has 1 unspecified atom stereocenters. The van der Waals surface area contributed by atoms with Crippen molar-refractivity contribution in [3.8, 4) is 0 Å². The van der Waals surface area contributed by atoms with E-state index in [2.05, 4.69) is 5.32 Å². The minimum absolute atomic E-state index is 0. The molecule has 0 saturated carbocycles. The summed E-state index contributed by atoms with van der Waals surface area (Å²) in [4.78, 5) is 14.5. The zero-order chi connectivity index (χ0) is 17.2. The van der Waals surface area contributed by atoms with Crippen LogP contribution in [-0.2, 0) is 14.8 Å². The van der Waals surface area contributed by atoms with Gasteiger partial charge in [-0.25, -0.2) is 8.42 Å². The summed E-state index contributed by atoms with van der Waals surface area (Å²) < 4.78 is 27.6. The van der Waals surface area contributed by atoms with Gasteiger partial charge in [-0.3, -0.25) is 4.79 Å². The molecule has 0 bridgehead atoms. The van der Waals surface area contributed by atoms with Crippen molar-refractivity contribution in [2.75, 3.05) is 39.3 Å². The molecule has 1 aromatic heterocycles. The van der Waals surface area contributed by atoms with E-state index in [0.29, 0.717) is 36.9 Å². The number of halogens is 2. The standard InChI is InChI=1S/C15H22ClN3O3S2.ClH/c16-13-4-5-14(23-13)24(21,22)19-8-2-7-18(9-10-19)15(20)12-3-1-6-17-11-12;/h4-5,12,17H,1-3,6-11H2;1H. The van der Waals surface area contributed by atoms with Crippen LogP contribution in [0.2, 0.25) is 4.34 Å². The molecule has 2 fully saturated rings. The van der Waals surface area contributed by atoms with E-state index < -0.39 is 10.0 Å². The largest absolute Gasteiger partial charge is 0.341 e. The molecule has 3 rings (SSSR count). The van der Waals surface area contributed by atoms with E-state index in [-0.39, 0.29) is 28.4 Å². The van der Waals surface area contributed by atoms with Crippen molar-refractivity contribution in [3.05, 3.63) is 16.5 Å². The molecule has 142 valence electrons. The number of amides is 1. The Balaban J connectivity index is 0.00000225. The molecule has 0 radical (unpaired) electrons. The average Bonchev–Trinajstić information content (AvgIpc) is 2.88.